The van der Waals surface area contributed by atoms with Gasteiger partial charge >= 0.3 is 0 Å². The lowest BCUT2D eigenvalue weighted by atomic mass is 10.0. The van der Waals surface area contributed by atoms with Crippen LogP contribution in [0.15, 0.2) is 0 Å². The van der Waals surface area contributed by atoms with Crippen molar-refractivity contribution < 1.29 is 0 Å². The normalized spacial score (nSPS) is 28.1. The molecular weight excluding hydrogens is 260 g/mol. The molecule has 0 spiro atoms. The van der Waals surface area contributed by atoms with Crippen LogP contribution in [-0.2, 0) is 6.54 Å². The van der Waals surface area contributed by atoms with Crippen molar-refractivity contribution in [3.05, 3.63) is 16.7 Å². The van der Waals surface area contributed by atoms with Gasteiger partial charge in [0.2, 0.25) is 0 Å². The van der Waals surface area contributed by atoms with Gasteiger partial charge in [-0.2, -0.15) is 0 Å². The van der Waals surface area contributed by atoms with Gasteiger partial charge in [-0.25, -0.2) is 4.98 Å². The van der Waals surface area contributed by atoms with Gasteiger partial charge in [-0.15, -0.1) is 0 Å². The number of hydrogen-bond acceptors (Lipinski definition) is 3. The summed E-state index contributed by atoms with van der Waals surface area (Å²) in [5.41, 5.74) is 7.24. The number of hydrogen-bond donors (Lipinski definition) is 1. The first-order chi connectivity index (χ1) is 9.08. The Labute approximate surface area is 119 Å². The maximum absolute atomic E-state index is 6.31. The van der Waals surface area contributed by atoms with Crippen molar-refractivity contribution in [1.82, 2.24) is 14.5 Å². The smallest absolute Gasteiger partial charge is 0.152 e. The zero-order chi connectivity index (χ0) is 13.6. The summed E-state index contributed by atoms with van der Waals surface area (Å²) in [5, 5.41) is 0.630. The molecule has 0 bridgehead atoms. The number of aromatic nitrogens is 2. The molecule has 3 heterocycles. The molecule has 1 saturated heterocycles. The largest absolute Gasteiger partial charge is 0.329 e. The molecule has 2 N–H and O–H groups in total. The lowest BCUT2D eigenvalue weighted by molar-refractivity contribution is 0.271. The van der Waals surface area contributed by atoms with Gasteiger partial charge < -0.3 is 15.2 Å². The molecule has 1 aromatic rings. The molecule has 0 radical (unpaired) electrons. The average molecular weight is 283 g/mol. The minimum atomic E-state index is 0.0603. The first-order valence-electron chi connectivity index (χ1n) is 7.33. The number of likely N-dealkylation sites (tertiary alicyclic amines) is 1. The zero-order valence-corrected chi connectivity index (χ0v) is 12.5. The van der Waals surface area contributed by atoms with E-state index in [1.165, 1.54) is 12.2 Å². The number of nitrogens with two attached hydrogens (primary N) is 1. The third-order valence-electron chi connectivity index (χ3n) is 4.55. The van der Waals surface area contributed by atoms with E-state index in [0.29, 0.717) is 17.1 Å². The summed E-state index contributed by atoms with van der Waals surface area (Å²) >= 11 is 6.31. The summed E-state index contributed by atoms with van der Waals surface area (Å²) in [5.74, 6) is 1.68. The van der Waals surface area contributed by atoms with Gasteiger partial charge in [-0.1, -0.05) is 11.6 Å². The van der Waals surface area contributed by atoms with Gasteiger partial charge in [0, 0.05) is 31.1 Å². The Morgan fingerprint density at radius 3 is 2.79 bits per heavy atom. The standard InChI is InChI=1S/C14H23ClN4/c1-9(2)18-7-5-10(8-18)14-17-13(15)12-11(16)4-3-6-19(12)14/h9-11H,3-8,16H2,1-2H3. The molecule has 3 rings (SSSR count). The Hall–Kier alpha value is -0.580. The van der Waals surface area contributed by atoms with E-state index in [2.05, 4.69) is 28.3 Å². The third-order valence-corrected chi connectivity index (χ3v) is 4.83. The van der Waals surface area contributed by atoms with E-state index in [1.807, 2.05) is 0 Å². The fourth-order valence-electron chi connectivity index (χ4n) is 3.43. The number of imidazole rings is 1. The summed E-state index contributed by atoms with van der Waals surface area (Å²) in [6, 6.07) is 0.670. The molecule has 0 saturated carbocycles. The molecule has 19 heavy (non-hydrogen) atoms. The zero-order valence-electron chi connectivity index (χ0n) is 11.8. The van der Waals surface area contributed by atoms with Crippen molar-refractivity contribution >= 4 is 11.6 Å². The van der Waals surface area contributed by atoms with E-state index in [9.17, 15) is 0 Å². The van der Waals surface area contributed by atoms with Gasteiger partial charge in [0.1, 0.15) is 5.82 Å². The quantitative estimate of drug-likeness (QED) is 0.907. The predicted octanol–water partition coefficient (Wildman–Crippen LogP) is 2.53. The monoisotopic (exact) mass is 282 g/mol. The van der Waals surface area contributed by atoms with E-state index in [0.717, 1.165) is 38.2 Å². The van der Waals surface area contributed by atoms with Crippen LogP contribution in [0.4, 0.5) is 0 Å². The number of rotatable bonds is 2. The lowest BCUT2D eigenvalue weighted by Crippen LogP contribution is -2.28. The van der Waals surface area contributed by atoms with Crippen molar-refractivity contribution in [3.8, 4) is 0 Å². The molecule has 4 nitrogen and oxygen atoms in total. The average Bonchev–Trinajstić information content (AvgIpc) is 2.95. The number of fused-ring (bicyclic) bond motifs is 1. The highest BCUT2D eigenvalue weighted by atomic mass is 35.5. The fourth-order valence-corrected chi connectivity index (χ4v) is 3.75. The molecular formula is C14H23ClN4. The summed E-state index contributed by atoms with van der Waals surface area (Å²) < 4.78 is 2.30. The number of nitrogens with zero attached hydrogens (tertiary/aromatic N) is 3. The minimum Gasteiger partial charge on any atom is -0.329 e. The second-order valence-corrected chi connectivity index (χ2v) is 6.48. The van der Waals surface area contributed by atoms with Gasteiger partial charge in [0.05, 0.1) is 5.69 Å². The van der Waals surface area contributed by atoms with Crippen molar-refractivity contribution in [2.45, 2.75) is 57.7 Å². The van der Waals surface area contributed by atoms with Crippen LogP contribution in [0.3, 0.4) is 0 Å². The molecule has 2 aliphatic rings. The van der Waals surface area contributed by atoms with Gasteiger partial charge in [0.25, 0.3) is 0 Å². The van der Waals surface area contributed by atoms with Crippen LogP contribution in [-0.4, -0.2) is 33.6 Å². The van der Waals surface area contributed by atoms with Gasteiger partial charge in [-0.05, 0) is 39.7 Å². The Bertz CT molecular complexity index is 468. The van der Waals surface area contributed by atoms with Crippen molar-refractivity contribution in [2.24, 2.45) is 5.73 Å². The van der Waals surface area contributed by atoms with Crippen LogP contribution in [0.25, 0.3) is 0 Å². The minimum absolute atomic E-state index is 0.0603. The molecule has 1 aromatic heterocycles. The van der Waals surface area contributed by atoms with Crippen LogP contribution in [0.2, 0.25) is 5.15 Å². The van der Waals surface area contributed by atoms with Crippen LogP contribution in [0, 0.1) is 0 Å². The maximum Gasteiger partial charge on any atom is 0.152 e. The fraction of sp³-hybridized carbons (Fsp3) is 0.786. The third kappa shape index (κ3) is 2.30. The lowest BCUT2D eigenvalue weighted by Gasteiger charge is -2.24. The van der Waals surface area contributed by atoms with Gasteiger partial charge in [0.15, 0.2) is 5.15 Å². The van der Waals surface area contributed by atoms with Crippen LogP contribution >= 0.6 is 11.6 Å². The van der Waals surface area contributed by atoms with E-state index in [4.69, 9.17) is 17.3 Å². The SMILES string of the molecule is CC(C)N1CCC(c2nc(Cl)c3n2CCCC3N)C1. The van der Waals surface area contributed by atoms with E-state index >= 15 is 0 Å². The highest BCUT2D eigenvalue weighted by molar-refractivity contribution is 6.30. The summed E-state index contributed by atoms with van der Waals surface area (Å²) in [6.07, 6.45) is 3.34. The molecule has 0 aliphatic carbocycles. The van der Waals surface area contributed by atoms with E-state index in [1.54, 1.807) is 0 Å². The summed E-state index contributed by atoms with van der Waals surface area (Å²) in [6.45, 7) is 7.79. The molecule has 2 unspecified atom stereocenters. The first-order valence-corrected chi connectivity index (χ1v) is 7.71. The van der Waals surface area contributed by atoms with Gasteiger partial charge in [-0.3, -0.25) is 0 Å². The Balaban J connectivity index is 1.88. The molecule has 5 heteroatoms. The molecule has 1 fully saturated rings. The van der Waals surface area contributed by atoms with Crippen molar-refractivity contribution in [1.29, 1.82) is 0 Å². The van der Waals surface area contributed by atoms with Crippen LogP contribution in [0.5, 0.6) is 0 Å². The van der Waals surface area contributed by atoms with Crippen LogP contribution < -0.4 is 5.73 Å². The molecule has 0 aromatic carbocycles. The molecule has 2 atom stereocenters. The molecule has 2 aliphatic heterocycles. The van der Waals surface area contributed by atoms with Crippen molar-refractivity contribution in [2.75, 3.05) is 13.1 Å². The topological polar surface area (TPSA) is 47.1 Å². The highest BCUT2D eigenvalue weighted by Crippen LogP contribution is 2.35. The van der Waals surface area contributed by atoms with E-state index < -0.39 is 0 Å². The van der Waals surface area contributed by atoms with Crippen LogP contribution in [0.1, 0.15) is 56.6 Å². The highest BCUT2D eigenvalue weighted by Gasteiger charge is 2.32. The Kier molecular flexibility index (Phi) is 3.58. The second kappa shape index (κ2) is 5.08. The van der Waals surface area contributed by atoms with Crippen molar-refractivity contribution in [3.63, 3.8) is 0 Å². The maximum atomic E-state index is 6.31. The predicted molar refractivity (Wildman–Crippen MR) is 77.5 cm³/mol. The first kappa shape index (κ1) is 13.4. The summed E-state index contributed by atoms with van der Waals surface area (Å²) in [7, 11) is 0. The Morgan fingerprint density at radius 1 is 1.32 bits per heavy atom. The van der Waals surface area contributed by atoms with E-state index in [-0.39, 0.29) is 6.04 Å². The summed E-state index contributed by atoms with van der Waals surface area (Å²) in [4.78, 5) is 7.16. The number of halogens is 1. The molecule has 0 amide bonds. The molecule has 106 valence electrons. The Morgan fingerprint density at radius 2 is 2.11 bits per heavy atom. The second-order valence-electron chi connectivity index (χ2n) is 6.12.